The molecule has 0 aliphatic carbocycles. The first kappa shape index (κ1) is 11.4. The molecule has 0 fully saturated rings. The molecule has 17 heavy (non-hydrogen) atoms. The van der Waals surface area contributed by atoms with Crippen molar-refractivity contribution >= 4 is 12.0 Å². The Balaban J connectivity index is 2.15. The van der Waals surface area contributed by atoms with Crippen molar-refractivity contribution in [2.45, 2.75) is 19.9 Å². The Morgan fingerprint density at radius 3 is 3.00 bits per heavy atom. The van der Waals surface area contributed by atoms with Gasteiger partial charge in [-0.1, -0.05) is 0 Å². The summed E-state index contributed by atoms with van der Waals surface area (Å²) in [5.41, 5.74) is 1.48. The lowest BCUT2D eigenvalue weighted by molar-refractivity contribution is 0.0689. The molecule has 0 spiro atoms. The molecule has 0 atom stereocenters. The van der Waals surface area contributed by atoms with E-state index in [2.05, 4.69) is 15.5 Å². The highest BCUT2D eigenvalue weighted by Gasteiger charge is 2.26. The maximum Gasteiger partial charge on any atom is 0.356 e. The van der Waals surface area contributed by atoms with Crippen LogP contribution in [0, 0.1) is 0 Å². The van der Waals surface area contributed by atoms with E-state index in [4.69, 9.17) is 5.11 Å². The van der Waals surface area contributed by atoms with Crippen LogP contribution >= 0.6 is 0 Å². The average Bonchev–Trinajstić information content (AvgIpc) is 2.71. The number of urea groups is 1. The Labute approximate surface area is 97.8 Å². The second-order valence-corrected chi connectivity index (χ2v) is 3.84. The molecule has 1 aliphatic rings. The van der Waals surface area contributed by atoms with Gasteiger partial charge in [0.1, 0.15) is 0 Å². The van der Waals surface area contributed by atoms with Crippen molar-refractivity contribution in [1.29, 1.82) is 0 Å². The fourth-order valence-corrected chi connectivity index (χ4v) is 1.93. The van der Waals surface area contributed by atoms with Crippen LogP contribution in [0.15, 0.2) is 0 Å². The summed E-state index contributed by atoms with van der Waals surface area (Å²) in [4.78, 5) is 24.1. The normalized spacial score (nSPS) is 14.3. The SMILES string of the molecule is CCNC(=O)N1CCc2c(C(=O)O)n[nH]c2C1. The van der Waals surface area contributed by atoms with Crippen molar-refractivity contribution in [1.82, 2.24) is 20.4 Å². The zero-order chi connectivity index (χ0) is 12.4. The molecule has 92 valence electrons. The van der Waals surface area contributed by atoms with Crippen LogP contribution in [0.5, 0.6) is 0 Å². The standard InChI is InChI=1S/C10H14N4O3/c1-2-11-10(17)14-4-3-6-7(5-14)12-13-8(6)9(15)16/h2-5H2,1H3,(H,11,17)(H,12,13)(H,15,16). The summed E-state index contributed by atoms with van der Waals surface area (Å²) in [7, 11) is 0. The number of carboxylic acid groups (broad SMARTS) is 1. The summed E-state index contributed by atoms with van der Waals surface area (Å²) in [6.45, 7) is 3.32. The molecule has 0 unspecified atom stereocenters. The number of aromatic carboxylic acids is 1. The number of hydrogen-bond donors (Lipinski definition) is 3. The maximum absolute atomic E-state index is 11.6. The number of fused-ring (bicyclic) bond motifs is 1. The van der Waals surface area contributed by atoms with E-state index in [0.29, 0.717) is 37.3 Å². The number of amides is 2. The lowest BCUT2D eigenvalue weighted by Crippen LogP contribution is -2.42. The van der Waals surface area contributed by atoms with E-state index in [1.54, 1.807) is 4.90 Å². The van der Waals surface area contributed by atoms with Crippen molar-refractivity contribution in [3.05, 3.63) is 17.0 Å². The summed E-state index contributed by atoms with van der Waals surface area (Å²) < 4.78 is 0. The fraction of sp³-hybridized carbons (Fsp3) is 0.500. The molecule has 2 rings (SSSR count). The summed E-state index contributed by atoms with van der Waals surface area (Å²) in [5, 5.41) is 18.1. The molecule has 2 heterocycles. The van der Waals surface area contributed by atoms with Crippen molar-refractivity contribution < 1.29 is 14.7 Å². The number of rotatable bonds is 2. The second-order valence-electron chi connectivity index (χ2n) is 3.84. The number of carbonyl (C=O) groups is 2. The third-order valence-electron chi connectivity index (χ3n) is 2.75. The van der Waals surface area contributed by atoms with Gasteiger partial charge in [-0.2, -0.15) is 5.10 Å². The van der Waals surface area contributed by atoms with Gasteiger partial charge in [0.05, 0.1) is 12.2 Å². The lowest BCUT2D eigenvalue weighted by atomic mass is 10.0. The highest BCUT2D eigenvalue weighted by molar-refractivity contribution is 5.87. The van der Waals surface area contributed by atoms with Crippen LogP contribution < -0.4 is 5.32 Å². The number of H-pyrrole nitrogens is 1. The smallest absolute Gasteiger partial charge is 0.356 e. The van der Waals surface area contributed by atoms with E-state index in [1.165, 1.54) is 0 Å². The van der Waals surface area contributed by atoms with E-state index in [-0.39, 0.29) is 11.7 Å². The largest absolute Gasteiger partial charge is 0.476 e. The molecular weight excluding hydrogens is 224 g/mol. The van der Waals surface area contributed by atoms with Crippen molar-refractivity contribution in [3.63, 3.8) is 0 Å². The van der Waals surface area contributed by atoms with Gasteiger partial charge in [-0.15, -0.1) is 0 Å². The third kappa shape index (κ3) is 2.08. The Kier molecular flexibility index (Phi) is 2.99. The number of aromatic amines is 1. The van der Waals surface area contributed by atoms with Gasteiger partial charge in [-0.05, 0) is 13.3 Å². The number of carbonyl (C=O) groups excluding carboxylic acids is 1. The van der Waals surface area contributed by atoms with E-state index >= 15 is 0 Å². The molecule has 1 aromatic heterocycles. The van der Waals surface area contributed by atoms with Gasteiger partial charge in [-0.25, -0.2) is 9.59 Å². The van der Waals surface area contributed by atoms with Crippen LogP contribution in [-0.4, -0.2) is 45.3 Å². The topological polar surface area (TPSA) is 98.3 Å². The maximum atomic E-state index is 11.6. The summed E-state index contributed by atoms with van der Waals surface area (Å²) in [6, 6.07) is -0.135. The van der Waals surface area contributed by atoms with Gasteiger partial charge in [-0.3, -0.25) is 5.10 Å². The Bertz CT molecular complexity index is 454. The molecule has 1 aromatic rings. The van der Waals surface area contributed by atoms with Crippen LogP contribution in [0.4, 0.5) is 4.79 Å². The molecule has 1 aliphatic heterocycles. The summed E-state index contributed by atoms with van der Waals surface area (Å²) in [5.74, 6) is -1.03. The molecule has 0 saturated heterocycles. The zero-order valence-electron chi connectivity index (χ0n) is 9.49. The van der Waals surface area contributed by atoms with Crippen molar-refractivity contribution in [2.75, 3.05) is 13.1 Å². The molecular formula is C10H14N4O3. The number of nitrogens with zero attached hydrogens (tertiary/aromatic N) is 2. The predicted octanol–water partition coefficient (Wildman–Crippen LogP) is 0.195. The van der Waals surface area contributed by atoms with Gasteiger partial charge in [0.2, 0.25) is 0 Å². The second kappa shape index (κ2) is 4.44. The molecule has 7 heteroatoms. The number of carboxylic acids is 1. The Morgan fingerprint density at radius 1 is 1.59 bits per heavy atom. The van der Waals surface area contributed by atoms with E-state index < -0.39 is 5.97 Å². The Morgan fingerprint density at radius 2 is 2.35 bits per heavy atom. The molecule has 7 nitrogen and oxygen atoms in total. The van der Waals surface area contributed by atoms with Gasteiger partial charge < -0.3 is 15.3 Å². The van der Waals surface area contributed by atoms with Gasteiger partial charge in [0, 0.05) is 18.7 Å². The van der Waals surface area contributed by atoms with Crippen LogP contribution in [0.3, 0.4) is 0 Å². The van der Waals surface area contributed by atoms with Gasteiger partial charge in [0.15, 0.2) is 5.69 Å². The minimum atomic E-state index is -1.03. The van der Waals surface area contributed by atoms with Crippen LogP contribution in [0.2, 0.25) is 0 Å². The summed E-state index contributed by atoms with van der Waals surface area (Å²) in [6.07, 6.45) is 0.518. The van der Waals surface area contributed by atoms with Crippen molar-refractivity contribution in [3.8, 4) is 0 Å². The number of aromatic nitrogens is 2. The zero-order valence-corrected chi connectivity index (χ0v) is 9.49. The Hall–Kier alpha value is -2.05. The quantitative estimate of drug-likeness (QED) is 0.685. The minimum absolute atomic E-state index is 0.0653. The van der Waals surface area contributed by atoms with Crippen LogP contribution in [-0.2, 0) is 13.0 Å². The highest BCUT2D eigenvalue weighted by Crippen LogP contribution is 2.19. The molecule has 0 bridgehead atoms. The van der Waals surface area contributed by atoms with E-state index in [0.717, 1.165) is 0 Å². The van der Waals surface area contributed by atoms with Crippen LogP contribution in [0.1, 0.15) is 28.7 Å². The van der Waals surface area contributed by atoms with Crippen LogP contribution in [0.25, 0.3) is 0 Å². The van der Waals surface area contributed by atoms with E-state index in [1.807, 2.05) is 6.92 Å². The summed E-state index contributed by atoms with van der Waals surface area (Å²) >= 11 is 0. The molecule has 3 N–H and O–H groups in total. The minimum Gasteiger partial charge on any atom is -0.476 e. The molecule has 0 aromatic carbocycles. The third-order valence-corrected chi connectivity index (χ3v) is 2.75. The lowest BCUT2D eigenvalue weighted by Gasteiger charge is -2.26. The monoisotopic (exact) mass is 238 g/mol. The molecule has 0 saturated carbocycles. The predicted molar refractivity (Wildman–Crippen MR) is 58.7 cm³/mol. The van der Waals surface area contributed by atoms with Crippen molar-refractivity contribution in [2.24, 2.45) is 0 Å². The van der Waals surface area contributed by atoms with E-state index in [9.17, 15) is 9.59 Å². The first-order valence-corrected chi connectivity index (χ1v) is 5.45. The number of nitrogens with one attached hydrogen (secondary N) is 2. The first-order chi connectivity index (χ1) is 8.13. The van der Waals surface area contributed by atoms with Gasteiger partial charge >= 0.3 is 12.0 Å². The molecule has 2 amide bonds. The first-order valence-electron chi connectivity index (χ1n) is 5.45. The number of hydrogen-bond acceptors (Lipinski definition) is 3. The average molecular weight is 238 g/mol. The van der Waals surface area contributed by atoms with Gasteiger partial charge in [0.25, 0.3) is 0 Å². The molecule has 0 radical (unpaired) electrons. The highest BCUT2D eigenvalue weighted by atomic mass is 16.4. The fourth-order valence-electron chi connectivity index (χ4n) is 1.93.